The van der Waals surface area contributed by atoms with Crippen molar-refractivity contribution in [3.8, 4) is 22.3 Å². The standard InChI is InChI=1S/C23H23F2N/c1-2-23(26)12-3-16-13-19(17-4-8-21(24)9-5-17)15-20(14-16)18-6-10-22(25)11-7-18/h4-11,13-15,23H,2-3,12,26H2,1H3/t23-/m0/s1. The van der Waals surface area contributed by atoms with Crippen LogP contribution < -0.4 is 5.73 Å². The topological polar surface area (TPSA) is 26.0 Å². The van der Waals surface area contributed by atoms with E-state index in [0.717, 1.165) is 41.5 Å². The summed E-state index contributed by atoms with van der Waals surface area (Å²) >= 11 is 0. The molecule has 2 N–H and O–H groups in total. The van der Waals surface area contributed by atoms with E-state index in [9.17, 15) is 8.78 Å². The fraction of sp³-hybridized carbons (Fsp3) is 0.217. The quantitative estimate of drug-likeness (QED) is 0.582. The van der Waals surface area contributed by atoms with Gasteiger partial charge in [-0.15, -0.1) is 0 Å². The third-order valence-electron chi connectivity index (χ3n) is 4.68. The van der Waals surface area contributed by atoms with Crippen LogP contribution in [0, 0.1) is 11.6 Å². The van der Waals surface area contributed by atoms with E-state index in [0.29, 0.717) is 0 Å². The molecular formula is C23H23F2N. The number of hydrogen-bond donors (Lipinski definition) is 1. The Bertz CT molecular complexity index is 791. The molecule has 0 aliphatic carbocycles. The van der Waals surface area contributed by atoms with E-state index in [1.807, 2.05) is 0 Å². The maximum absolute atomic E-state index is 13.3. The summed E-state index contributed by atoms with van der Waals surface area (Å²) in [5.74, 6) is -0.504. The van der Waals surface area contributed by atoms with Gasteiger partial charge in [-0.05, 0) is 77.4 Å². The third-order valence-corrected chi connectivity index (χ3v) is 4.68. The van der Waals surface area contributed by atoms with Crippen molar-refractivity contribution in [1.29, 1.82) is 0 Å². The van der Waals surface area contributed by atoms with Crippen molar-refractivity contribution in [3.05, 3.63) is 83.9 Å². The summed E-state index contributed by atoms with van der Waals surface area (Å²) in [6.45, 7) is 2.09. The number of halogens is 2. The highest BCUT2D eigenvalue weighted by Crippen LogP contribution is 2.29. The lowest BCUT2D eigenvalue weighted by Crippen LogP contribution is -2.19. The molecule has 0 amide bonds. The Morgan fingerprint density at radius 3 is 1.62 bits per heavy atom. The maximum atomic E-state index is 13.3. The molecule has 3 heteroatoms. The first-order chi connectivity index (χ1) is 12.5. The molecule has 0 radical (unpaired) electrons. The van der Waals surface area contributed by atoms with E-state index in [2.05, 4.69) is 25.1 Å². The lowest BCUT2D eigenvalue weighted by molar-refractivity contribution is 0.596. The summed E-state index contributed by atoms with van der Waals surface area (Å²) < 4.78 is 26.5. The predicted molar refractivity (Wildman–Crippen MR) is 104 cm³/mol. The van der Waals surface area contributed by atoms with Gasteiger partial charge in [-0.1, -0.05) is 43.3 Å². The molecular weight excluding hydrogens is 328 g/mol. The van der Waals surface area contributed by atoms with Crippen molar-refractivity contribution in [2.24, 2.45) is 5.73 Å². The van der Waals surface area contributed by atoms with Gasteiger partial charge in [0.2, 0.25) is 0 Å². The van der Waals surface area contributed by atoms with Crippen molar-refractivity contribution in [2.75, 3.05) is 0 Å². The zero-order valence-corrected chi connectivity index (χ0v) is 14.9. The van der Waals surface area contributed by atoms with Crippen LogP contribution >= 0.6 is 0 Å². The zero-order valence-electron chi connectivity index (χ0n) is 14.9. The SMILES string of the molecule is CC[C@H](N)CCc1cc(-c2ccc(F)cc2)cc(-c2ccc(F)cc2)c1. The van der Waals surface area contributed by atoms with E-state index in [1.54, 1.807) is 24.3 Å². The minimum Gasteiger partial charge on any atom is -0.328 e. The van der Waals surface area contributed by atoms with Gasteiger partial charge in [0.25, 0.3) is 0 Å². The number of hydrogen-bond acceptors (Lipinski definition) is 1. The van der Waals surface area contributed by atoms with Gasteiger partial charge in [0.15, 0.2) is 0 Å². The Kier molecular flexibility index (Phi) is 5.79. The van der Waals surface area contributed by atoms with Crippen LogP contribution in [0.4, 0.5) is 8.78 Å². The van der Waals surface area contributed by atoms with E-state index < -0.39 is 0 Å². The fourth-order valence-corrected chi connectivity index (χ4v) is 3.01. The minimum absolute atomic E-state index is 0.179. The van der Waals surface area contributed by atoms with Gasteiger partial charge in [-0.3, -0.25) is 0 Å². The Labute approximate surface area is 153 Å². The van der Waals surface area contributed by atoms with Gasteiger partial charge in [0, 0.05) is 6.04 Å². The molecule has 3 aromatic rings. The molecule has 0 spiro atoms. The fourth-order valence-electron chi connectivity index (χ4n) is 3.01. The molecule has 0 fully saturated rings. The highest BCUT2D eigenvalue weighted by atomic mass is 19.1. The molecule has 0 heterocycles. The molecule has 0 aliphatic rings. The average molecular weight is 351 g/mol. The number of aryl methyl sites for hydroxylation is 1. The molecule has 26 heavy (non-hydrogen) atoms. The number of rotatable bonds is 6. The monoisotopic (exact) mass is 351 g/mol. The van der Waals surface area contributed by atoms with Crippen LogP contribution in [-0.2, 0) is 6.42 Å². The Morgan fingerprint density at radius 2 is 1.19 bits per heavy atom. The van der Waals surface area contributed by atoms with Crippen molar-refractivity contribution in [3.63, 3.8) is 0 Å². The third kappa shape index (κ3) is 4.55. The first-order valence-corrected chi connectivity index (χ1v) is 8.96. The highest BCUT2D eigenvalue weighted by molar-refractivity contribution is 5.74. The Morgan fingerprint density at radius 1 is 0.731 bits per heavy atom. The molecule has 0 aliphatic heterocycles. The van der Waals surface area contributed by atoms with E-state index in [-0.39, 0.29) is 17.7 Å². The van der Waals surface area contributed by atoms with Crippen molar-refractivity contribution >= 4 is 0 Å². The largest absolute Gasteiger partial charge is 0.328 e. The van der Waals surface area contributed by atoms with Gasteiger partial charge < -0.3 is 5.73 Å². The smallest absolute Gasteiger partial charge is 0.123 e. The molecule has 0 saturated carbocycles. The van der Waals surface area contributed by atoms with E-state index in [1.165, 1.54) is 29.8 Å². The highest BCUT2D eigenvalue weighted by Gasteiger charge is 2.08. The molecule has 0 unspecified atom stereocenters. The first-order valence-electron chi connectivity index (χ1n) is 8.96. The second kappa shape index (κ2) is 8.24. The number of nitrogens with two attached hydrogens (primary N) is 1. The van der Waals surface area contributed by atoms with Crippen LogP contribution in [-0.4, -0.2) is 6.04 Å². The Balaban J connectivity index is 2.01. The van der Waals surface area contributed by atoms with Crippen LogP contribution in [0.15, 0.2) is 66.7 Å². The molecule has 134 valence electrons. The summed E-state index contributed by atoms with van der Waals surface area (Å²) in [5, 5.41) is 0. The average Bonchev–Trinajstić information content (AvgIpc) is 2.67. The summed E-state index contributed by atoms with van der Waals surface area (Å²) in [5.41, 5.74) is 11.2. The number of benzene rings is 3. The summed E-state index contributed by atoms with van der Waals surface area (Å²) in [6, 6.07) is 19.5. The maximum Gasteiger partial charge on any atom is 0.123 e. The van der Waals surface area contributed by atoms with Gasteiger partial charge in [-0.25, -0.2) is 8.78 Å². The van der Waals surface area contributed by atoms with Gasteiger partial charge in [-0.2, -0.15) is 0 Å². The molecule has 3 rings (SSSR count). The van der Waals surface area contributed by atoms with Crippen LogP contribution in [0.5, 0.6) is 0 Å². The van der Waals surface area contributed by atoms with Crippen LogP contribution in [0.2, 0.25) is 0 Å². The molecule has 1 atom stereocenters. The summed E-state index contributed by atoms with van der Waals surface area (Å²) in [6.07, 6.45) is 2.73. The van der Waals surface area contributed by atoms with Crippen LogP contribution in [0.1, 0.15) is 25.3 Å². The van der Waals surface area contributed by atoms with Crippen LogP contribution in [0.3, 0.4) is 0 Å². The normalized spacial score (nSPS) is 12.2. The van der Waals surface area contributed by atoms with E-state index >= 15 is 0 Å². The van der Waals surface area contributed by atoms with Crippen LogP contribution in [0.25, 0.3) is 22.3 Å². The van der Waals surface area contributed by atoms with Crippen molar-refractivity contribution in [1.82, 2.24) is 0 Å². The molecule has 0 bridgehead atoms. The molecule has 0 aromatic heterocycles. The minimum atomic E-state index is -0.252. The first kappa shape index (κ1) is 18.3. The predicted octanol–water partition coefficient (Wildman–Crippen LogP) is 5.97. The zero-order chi connectivity index (χ0) is 18.5. The van der Waals surface area contributed by atoms with Gasteiger partial charge in [0.1, 0.15) is 11.6 Å². The van der Waals surface area contributed by atoms with Gasteiger partial charge >= 0.3 is 0 Å². The second-order valence-corrected chi connectivity index (χ2v) is 6.64. The molecule has 0 saturated heterocycles. The molecule has 1 nitrogen and oxygen atoms in total. The van der Waals surface area contributed by atoms with Crippen molar-refractivity contribution in [2.45, 2.75) is 32.2 Å². The van der Waals surface area contributed by atoms with Crippen molar-refractivity contribution < 1.29 is 8.78 Å². The molecule has 3 aromatic carbocycles. The van der Waals surface area contributed by atoms with Gasteiger partial charge in [0.05, 0.1) is 0 Å². The van der Waals surface area contributed by atoms with E-state index in [4.69, 9.17) is 5.73 Å². The Hall–Kier alpha value is -2.52. The lowest BCUT2D eigenvalue weighted by atomic mass is 9.93. The summed E-state index contributed by atoms with van der Waals surface area (Å²) in [7, 11) is 0. The summed E-state index contributed by atoms with van der Waals surface area (Å²) in [4.78, 5) is 0. The second-order valence-electron chi connectivity index (χ2n) is 6.64. The lowest BCUT2D eigenvalue weighted by Gasteiger charge is -2.13.